The summed E-state index contributed by atoms with van der Waals surface area (Å²) in [6.45, 7) is 1.95. The summed E-state index contributed by atoms with van der Waals surface area (Å²) >= 11 is 1.58. The van der Waals surface area contributed by atoms with E-state index < -0.39 is 0 Å². The number of nitrogens with one attached hydrogen (secondary N) is 2. The molecule has 0 aliphatic heterocycles. The normalized spacial score (nSPS) is 10.9. The molecular formula is C13H12N6S. The number of amidine groups is 1. The monoisotopic (exact) mass is 284 g/mol. The zero-order valence-electron chi connectivity index (χ0n) is 10.7. The predicted octanol–water partition coefficient (Wildman–Crippen LogP) is 2.35. The zero-order chi connectivity index (χ0) is 14.5. The highest BCUT2D eigenvalue weighted by atomic mass is 32.1. The van der Waals surface area contributed by atoms with Crippen molar-refractivity contribution >= 4 is 28.6 Å². The molecule has 6 nitrogen and oxygen atoms in total. The minimum atomic E-state index is -0.369. The van der Waals surface area contributed by atoms with Gasteiger partial charge in [0.05, 0.1) is 16.4 Å². The molecule has 4 N–H and O–H groups in total. The van der Waals surface area contributed by atoms with Gasteiger partial charge in [0.15, 0.2) is 5.84 Å². The maximum atomic E-state index is 8.76. The van der Waals surface area contributed by atoms with Crippen LogP contribution in [0.4, 0.5) is 5.69 Å². The van der Waals surface area contributed by atoms with Crippen LogP contribution in [0.1, 0.15) is 5.01 Å². The lowest BCUT2D eigenvalue weighted by atomic mass is 10.1. The third kappa shape index (κ3) is 3.18. The summed E-state index contributed by atoms with van der Waals surface area (Å²) in [5.41, 5.74) is 10.3. The number of hydrazone groups is 1. The Kier molecular flexibility index (Phi) is 4.08. The highest BCUT2D eigenvalue weighted by Gasteiger charge is 2.04. The first-order chi connectivity index (χ1) is 9.60. The number of anilines is 1. The molecule has 0 fully saturated rings. The SMILES string of the molecule is Cc1nc(-c2cccc(N/N=C(\C#N)C(=N)N)c2)cs1. The lowest BCUT2D eigenvalue weighted by molar-refractivity contribution is 1.29. The van der Waals surface area contributed by atoms with Gasteiger partial charge in [-0.15, -0.1) is 11.3 Å². The number of thiazole rings is 1. The molecule has 0 bridgehead atoms. The summed E-state index contributed by atoms with van der Waals surface area (Å²) in [5, 5.41) is 22.7. The van der Waals surface area contributed by atoms with Gasteiger partial charge in [0.25, 0.3) is 0 Å². The van der Waals surface area contributed by atoms with E-state index in [1.807, 2.05) is 30.5 Å². The third-order valence-electron chi connectivity index (χ3n) is 2.44. The standard InChI is InChI=1S/C13H12N6S/c1-8-17-12(7-20-8)9-3-2-4-10(5-9)18-19-11(6-14)13(15)16/h2-5,7,18H,1H3,(H3,15,16)/b19-11+. The van der Waals surface area contributed by atoms with Gasteiger partial charge in [-0.1, -0.05) is 12.1 Å². The number of nitriles is 1. The Morgan fingerprint density at radius 1 is 1.55 bits per heavy atom. The molecule has 0 aliphatic rings. The number of aryl methyl sites for hydroxylation is 1. The molecule has 7 heteroatoms. The Labute approximate surface area is 120 Å². The highest BCUT2D eigenvalue weighted by Crippen LogP contribution is 2.24. The van der Waals surface area contributed by atoms with Crippen molar-refractivity contribution in [3.8, 4) is 17.3 Å². The molecular weight excluding hydrogens is 272 g/mol. The van der Waals surface area contributed by atoms with Crippen LogP contribution in [0.2, 0.25) is 0 Å². The van der Waals surface area contributed by atoms with Gasteiger partial charge in [0.2, 0.25) is 5.71 Å². The summed E-state index contributed by atoms with van der Waals surface area (Å²) in [7, 11) is 0. The van der Waals surface area contributed by atoms with E-state index in [2.05, 4.69) is 15.5 Å². The molecule has 0 amide bonds. The minimum Gasteiger partial charge on any atom is -0.382 e. The fourth-order valence-electron chi connectivity index (χ4n) is 1.51. The van der Waals surface area contributed by atoms with E-state index in [4.69, 9.17) is 16.4 Å². The number of aromatic nitrogens is 1. The van der Waals surface area contributed by atoms with Gasteiger partial charge in [-0.25, -0.2) is 4.98 Å². The van der Waals surface area contributed by atoms with Crippen molar-refractivity contribution in [3.05, 3.63) is 34.7 Å². The number of nitrogens with zero attached hydrogens (tertiary/aromatic N) is 3. The van der Waals surface area contributed by atoms with Crippen molar-refractivity contribution in [1.29, 1.82) is 10.7 Å². The molecule has 100 valence electrons. The first-order valence-electron chi connectivity index (χ1n) is 5.71. The molecule has 1 aromatic heterocycles. The Morgan fingerprint density at radius 3 is 2.95 bits per heavy atom. The lowest BCUT2D eigenvalue weighted by Crippen LogP contribution is -2.21. The van der Waals surface area contributed by atoms with Crippen LogP contribution >= 0.6 is 11.3 Å². The molecule has 2 aromatic rings. The summed E-state index contributed by atoms with van der Waals surface area (Å²) < 4.78 is 0. The summed E-state index contributed by atoms with van der Waals surface area (Å²) in [6.07, 6.45) is 0. The second-order valence-corrected chi connectivity index (χ2v) is 4.99. The number of hydrogen-bond donors (Lipinski definition) is 3. The van der Waals surface area contributed by atoms with Crippen LogP contribution in [-0.2, 0) is 0 Å². The third-order valence-corrected chi connectivity index (χ3v) is 3.21. The van der Waals surface area contributed by atoms with Crippen LogP contribution in [0.3, 0.4) is 0 Å². The summed E-state index contributed by atoms with van der Waals surface area (Å²) in [4.78, 5) is 4.41. The van der Waals surface area contributed by atoms with Crippen LogP contribution in [0.5, 0.6) is 0 Å². The van der Waals surface area contributed by atoms with E-state index in [-0.39, 0.29) is 11.5 Å². The highest BCUT2D eigenvalue weighted by molar-refractivity contribution is 7.09. The predicted molar refractivity (Wildman–Crippen MR) is 80.9 cm³/mol. The van der Waals surface area contributed by atoms with E-state index in [1.54, 1.807) is 23.5 Å². The summed E-state index contributed by atoms with van der Waals surface area (Å²) in [6, 6.07) is 9.23. The Hall–Kier alpha value is -2.72. The first kappa shape index (κ1) is 13.7. The summed E-state index contributed by atoms with van der Waals surface area (Å²) in [5.74, 6) is -0.369. The minimum absolute atomic E-state index is 0.153. The quantitative estimate of drug-likeness (QED) is 0.454. The second-order valence-electron chi connectivity index (χ2n) is 3.93. The molecule has 0 unspecified atom stereocenters. The number of hydrogen-bond acceptors (Lipinski definition) is 6. The van der Waals surface area contributed by atoms with E-state index in [9.17, 15) is 0 Å². The first-order valence-corrected chi connectivity index (χ1v) is 6.59. The number of nitrogens with two attached hydrogens (primary N) is 1. The smallest absolute Gasteiger partial charge is 0.201 e. The van der Waals surface area contributed by atoms with Crippen molar-refractivity contribution in [1.82, 2.24) is 4.98 Å². The van der Waals surface area contributed by atoms with Gasteiger partial charge >= 0.3 is 0 Å². The largest absolute Gasteiger partial charge is 0.382 e. The molecule has 0 spiro atoms. The maximum Gasteiger partial charge on any atom is 0.201 e. The van der Waals surface area contributed by atoms with Crippen molar-refractivity contribution in [2.45, 2.75) is 6.92 Å². The van der Waals surface area contributed by atoms with Crippen molar-refractivity contribution in [3.63, 3.8) is 0 Å². The van der Waals surface area contributed by atoms with Crippen LogP contribution in [0, 0.1) is 23.7 Å². The molecule has 0 radical (unpaired) electrons. The van der Waals surface area contributed by atoms with Crippen LogP contribution in [-0.4, -0.2) is 16.5 Å². The van der Waals surface area contributed by atoms with Gasteiger partial charge < -0.3 is 5.73 Å². The van der Waals surface area contributed by atoms with Crippen LogP contribution in [0.25, 0.3) is 11.3 Å². The van der Waals surface area contributed by atoms with Gasteiger partial charge in [-0.3, -0.25) is 10.8 Å². The molecule has 1 heterocycles. The second kappa shape index (κ2) is 5.95. The number of benzene rings is 1. The molecule has 0 saturated carbocycles. The Balaban J connectivity index is 2.23. The van der Waals surface area contributed by atoms with Crippen molar-refractivity contribution < 1.29 is 0 Å². The van der Waals surface area contributed by atoms with Gasteiger partial charge in [0, 0.05) is 10.9 Å². The van der Waals surface area contributed by atoms with Gasteiger partial charge in [-0.2, -0.15) is 10.4 Å². The van der Waals surface area contributed by atoms with E-state index in [0.717, 1.165) is 16.3 Å². The van der Waals surface area contributed by atoms with Crippen LogP contribution < -0.4 is 11.2 Å². The van der Waals surface area contributed by atoms with Crippen molar-refractivity contribution in [2.75, 3.05) is 5.43 Å². The number of rotatable bonds is 4. The maximum absolute atomic E-state index is 8.76. The average Bonchev–Trinajstić information content (AvgIpc) is 2.86. The van der Waals surface area contributed by atoms with Crippen LogP contribution in [0.15, 0.2) is 34.7 Å². The zero-order valence-corrected chi connectivity index (χ0v) is 11.5. The van der Waals surface area contributed by atoms with E-state index in [1.165, 1.54) is 0 Å². The average molecular weight is 284 g/mol. The molecule has 0 atom stereocenters. The van der Waals surface area contributed by atoms with Crippen molar-refractivity contribution in [2.24, 2.45) is 10.8 Å². The van der Waals surface area contributed by atoms with Gasteiger partial charge in [0.1, 0.15) is 6.07 Å². The molecule has 0 saturated heterocycles. The molecule has 2 rings (SSSR count). The fraction of sp³-hybridized carbons (Fsp3) is 0.0769. The van der Waals surface area contributed by atoms with E-state index >= 15 is 0 Å². The van der Waals surface area contributed by atoms with E-state index in [0.29, 0.717) is 5.69 Å². The molecule has 20 heavy (non-hydrogen) atoms. The molecule has 1 aromatic carbocycles. The Morgan fingerprint density at radius 2 is 2.35 bits per heavy atom. The lowest BCUT2D eigenvalue weighted by Gasteiger charge is -2.03. The fourth-order valence-corrected chi connectivity index (χ4v) is 2.13. The topological polar surface area (TPSA) is 111 Å². The Bertz CT molecular complexity index is 710. The van der Waals surface area contributed by atoms with Gasteiger partial charge in [-0.05, 0) is 19.1 Å². The molecule has 0 aliphatic carbocycles.